The Morgan fingerprint density at radius 2 is 2.00 bits per heavy atom. The zero-order chi connectivity index (χ0) is 15.5. The number of carboxylic acids is 1. The topological polar surface area (TPSA) is 78.4 Å². The molecule has 0 unspecified atom stereocenters. The molecule has 1 aromatic rings. The molecule has 1 saturated carbocycles. The molecule has 0 atom stereocenters. The van der Waals surface area contributed by atoms with Crippen LogP contribution in [0.15, 0.2) is 22.7 Å². The van der Waals surface area contributed by atoms with Crippen LogP contribution in [0.1, 0.15) is 25.7 Å². The van der Waals surface area contributed by atoms with E-state index in [2.05, 4.69) is 26.6 Å². The maximum atomic E-state index is 11.9. The van der Waals surface area contributed by atoms with Crippen molar-refractivity contribution in [1.82, 2.24) is 5.32 Å². The van der Waals surface area contributed by atoms with E-state index in [1.54, 1.807) is 18.2 Å². The number of carbonyl (C=O) groups excluding carboxylic acids is 1. The van der Waals surface area contributed by atoms with Gasteiger partial charge in [0, 0.05) is 16.0 Å². The summed E-state index contributed by atoms with van der Waals surface area (Å²) in [6, 6.07) is 4.61. The molecule has 2 rings (SSSR count). The van der Waals surface area contributed by atoms with Crippen molar-refractivity contribution in [2.24, 2.45) is 5.41 Å². The maximum absolute atomic E-state index is 11.9. The normalized spacial score (nSPS) is 16.5. The third-order valence-electron chi connectivity index (χ3n) is 3.78. The highest BCUT2D eigenvalue weighted by Crippen LogP contribution is 2.37. The molecule has 3 N–H and O–H groups in total. The molecule has 0 aromatic heterocycles. The summed E-state index contributed by atoms with van der Waals surface area (Å²) in [6.07, 6.45) is 2.97. The molecule has 7 heteroatoms. The summed E-state index contributed by atoms with van der Waals surface area (Å²) in [4.78, 5) is 23.3. The number of urea groups is 1. The highest BCUT2D eigenvalue weighted by molar-refractivity contribution is 9.10. The number of halogens is 2. The molecule has 5 nitrogen and oxygen atoms in total. The van der Waals surface area contributed by atoms with Crippen LogP contribution < -0.4 is 10.6 Å². The van der Waals surface area contributed by atoms with Gasteiger partial charge in [-0.2, -0.15) is 0 Å². The van der Waals surface area contributed by atoms with Gasteiger partial charge in [-0.15, -0.1) is 0 Å². The fourth-order valence-corrected chi connectivity index (χ4v) is 3.05. The summed E-state index contributed by atoms with van der Waals surface area (Å²) < 4.78 is 0.705. The van der Waals surface area contributed by atoms with Gasteiger partial charge in [-0.1, -0.05) is 24.4 Å². The lowest BCUT2D eigenvalue weighted by Crippen LogP contribution is -2.42. The van der Waals surface area contributed by atoms with Gasteiger partial charge in [0.15, 0.2) is 0 Å². The van der Waals surface area contributed by atoms with Crippen LogP contribution in [0, 0.1) is 5.41 Å². The number of rotatable bonds is 4. The second kappa shape index (κ2) is 6.66. The van der Waals surface area contributed by atoms with E-state index < -0.39 is 17.4 Å². The second-order valence-corrected chi connectivity index (χ2v) is 6.52. The smallest absolute Gasteiger partial charge is 0.319 e. The molecule has 2 amide bonds. The van der Waals surface area contributed by atoms with Crippen LogP contribution in [0.5, 0.6) is 0 Å². The van der Waals surface area contributed by atoms with E-state index in [0.29, 0.717) is 28.0 Å². The van der Waals surface area contributed by atoms with E-state index in [4.69, 9.17) is 11.6 Å². The van der Waals surface area contributed by atoms with Crippen molar-refractivity contribution >= 4 is 45.2 Å². The quantitative estimate of drug-likeness (QED) is 0.747. The third-order valence-corrected chi connectivity index (χ3v) is 4.70. The summed E-state index contributed by atoms with van der Waals surface area (Å²) >= 11 is 9.19. The van der Waals surface area contributed by atoms with Crippen molar-refractivity contribution in [3.8, 4) is 0 Å². The van der Waals surface area contributed by atoms with Crippen LogP contribution >= 0.6 is 27.5 Å². The Labute approximate surface area is 136 Å². The SMILES string of the molecule is O=C(NCC1(C(=O)O)CCCC1)Nc1cc(Cl)ccc1Br. The largest absolute Gasteiger partial charge is 0.481 e. The predicted molar refractivity (Wildman–Crippen MR) is 84.7 cm³/mol. The van der Waals surface area contributed by atoms with Crippen LogP contribution in [-0.4, -0.2) is 23.7 Å². The Hall–Kier alpha value is -1.27. The van der Waals surface area contributed by atoms with E-state index in [0.717, 1.165) is 12.8 Å². The zero-order valence-corrected chi connectivity index (χ0v) is 13.6. The number of hydrogen-bond acceptors (Lipinski definition) is 2. The number of amides is 2. The van der Waals surface area contributed by atoms with Gasteiger partial charge >= 0.3 is 12.0 Å². The van der Waals surface area contributed by atoms with Crippen LogP contribution in [0.2, 0.25) is 5.02 Å². The van der Waals surface area contributed by atoms with Crippen molar-refractivity contribution in [2.45, 2.75) is 25.7 Å². The first-order chi connectivity index (χ1) is 9.93. The molecule has 1 aliphatic carbocycles. The van der Waals surface area contributed by atoms with Gasteiger partial charge in [-0.3, -0.25) is 4.79 Å². The number of carboxylic acid groups (broad SMARTS) is 1. The minimum Gasteiger partial charge on any atom is -0.481 e. The fraction of sp³-hybridized carbons (Fsp3) is 0.429. The van der Waals surface area contributed by atoms with Crippen LogP contribution in [-0.2, 0) is 4.79 Å². The Morgan fingerprint density at radius 3 is 2.62 bits per heavy atom. The summed E-state index contributed by atoms with van der Waals surface area (Å²) in [5.41, 5.74) is -0.293. The minimum absolute atomic E-state index is 0.131. The number of aliphatic carboxylic acids is 1. The summed E-state index contributed by atoms with van der Waals surface area (Å²) in [5.74, 6) is -0.843. The van der Waals surface area contributed by atoms with E-state index in [-0.39, 0.29) is 6.54 Å². The first-order valence-electron chi connectivity index (χ1n) is 6.66. The van der Waals surface area contributed by atoms with Gasteiger partial charge in [-0.25, -0.2) is 4.79 Å². The number of hydrogen-bond donors (Lipinski definition) is 3. The van der Waals surface area contributed by atoms with Gasteiger partial charge in [0.1, 0.15) is 0 Å². The molecule has 0 heterocycles. The lowest BCUT2D eigenvalue weighted by molar-refractivity contribution is -0.148. The van der Waals surface area contributed by atoms with Crippen LogP contribution in [0.4, 0.5) is 10.5 Å². The lowest BCUT2D eigenvalue weighted by atomic mass is 9.86. The lowest BCUT2D eigenvalue weighted by Gasteiger charge is -2.24. The standard InChI is InChI=1S/C14H16BrClN2O3/c15-10-4-3-9(16)7-11(10)18-13(21)17-8-14(12(19)20)5-1-2-6-14/h3-4,7H,1-2,5-6,8H2,(H,19,20)(H2,17,18,21). The Morgan fingerprint density at radius 1 is 1.33 bits per heavy atom. The van der Waals surface area contributed by atoms with Gasteiger partial charge in [0.05, 0.1) is 11.1 Å². The van der Waals surface area contributed by atoms with Gasteiger partial charge in [0.2, 0.25) is 0 Å². The molecule has 0 bridgehead atoms. The van der Waals surface area contributed by atoms with E-state index in [1.165, 1.54) is 0 Å². The molecular weight excluding hydrogens is 360 g/mol. The predicted octanol–water partition coefficient (Wildman–Crippen LogP) is 3.87. The molecule has 0 spiro atoms. The molecule has 1 aromatic carbocycles. The van der Waals surface area contributed by atoms with Crippen molar-refractivity contribution < 1.29 is 14.7 Å². The van der Waals surface area contributed by atoms with E-state index in [1.807, 2.05) is 0 Å². The van der Waals surface area contributed by atoms with Gasteiger partial charge in [-0.05, 0) is 47.0 Å². The average Bonchev–Trinajstić information content (AvgIpc) is 2.91. The monoisotopic (exact) mass is 374 g/mol. The average molecular weight is 376 g/mol. The van der Waals surface area contributed by atoms with Crippen molar-refractivity contribution in [3.63, 3.8) is 0 Å². The molecule has 1 aliphatic rings. The van der Waals surface area contributed by atoms with E-state index >= 15 is 0 Å². The van der Waals surface area contributed by atoms with Gasteiger partial charge < -0.3 is 15.7 Å². The Balaban J connectivity index is 1.96. The highest BCUT2D eigenvalue weighted by atomic mass is 79.9. The minimum atomic E-state index is -0.843. The highest BCUT2D eigenvalue weighted by Gasteiger charge is 2.41. The van der Waals surface area contributed by atoms with E-state index in [9.17, 15) is 14.7 Å². The van der Waals surface area contributed by atoms with Crippen LogP contribution in [0.3, 0.4) is 0 Å². The molecule has 21 heavy (non-hydrogen) atoms. The summed E-state index contributed by atoms with van der Waals surface area (Å²) in [7, 11) is 0. The molecule has 0 radical (unpaired) electrons. The number of anilines is 1. The van der Waals surface area contributed by atoms with Gasteiger partial charge in [0.25, 0.3) is 0 Å². The molecule has 1 fully saturated rings. The van der Waals surface area contributed by atoms with Crippen LogP contribution in [0.25, 0.3) is 0 Å². The number of benzene rings is 1. The Kier molecular flexibility index (Phi) is 5.11. The third kappa shape index (κ3) is 3.89. The molecule has 114 valence electrons. The molecular formula is C14H16BrClN2O3. The van der Waals surface area contributed by atoms with Crippen molar-refractivity contribution in [3.05, 3.63) is 27.7 Å². The van der Waals surface area contributed by atoms with Crippen molar-refractivity contribution in [2.75, 3.05) is 11.9 Å². The number of carbonyl (C=O) groups is 2. The zero-order valence-electron chi connectivity index (χ0n) is 11.3. The first-order valence-corrected chi connectivity index (χ1v) is 7.83. The number of nitrogens with one attached hydrogen (secondary N) is 2. The second-order valence-electron chi connectivity index (χ2n) is 5.22. The maximum Gasteiger partial charge on any atom is 0.319 e. The Bertz CT molecular complexity index is 559. The summed E-state index contributed by atoms with van der Waals surface area (Å²) in [6.45, 7) is 0.131. The fourth-order valence-electron chi connectivity index (χ4n) is 2.53. The summed E-state index contributed by atoms with van der Waals surface area (Å²) in [5, 5.41) is 15.2. The molecule has 0 saturated heterocycles. The molecule has 0 aliphatic heterocycles. The first kappa shape index (κ1) is 16.1. The van der Waals surface area contributed by atoms with Crippen molar-refractivity contribution in [1.29, 1.82) is 0 Å².